The summed E-state index contributed by atoms with van der Waals surface area (Å²) in [5.74, 6) is 0. The van der Waals surface area contributed by atoms with Gasteiger partial charge in [-0.2, -0.15) is 0 Å². The third-order valence-corrected chi connectivity index (χ3v) is 3.33. The smallest absolute Gasteiger partial charge is 0.304 e. The van der Waals surface area contributed by atoms with Gasteiger partial charge in [0.2, 0.25) is 0 Å². The van der Waals surface area contributed by atoms with Crippen molar-refractivity contribution in [1.82, 2.24) is 9.97 Å². The van der Waals surface area contributed by atoms with E-state index in [0.29, 0.717) is 16.4 Å². The van der Waals surface area contributed by atoms with Crippen LogP contribution in [0.3, 0.4) is 0 Å². The van der Waals surface area contributed by atoms with Crippen LogP contribution in [0.2, 0.25) is 5.02 Å². The zero-order valence-corrected chi connectivity index (χ0v) is 12.8. The molecule has 3 aromatic rings. The van der Waals surface area contributed by atoms with Crippen molar-refractivity contribution in [3.63, 3.8) is 0 Å². The number of anilines is 3. The molecule has 114 valence electrons. The van der Waals surface area contributed by atoms with E-state index in [2.05, 4.69) is 15.3 Å². The minimum atomic E-state index is -0.326. The maximum atomic E-state index is 12.7. The molecule has 0 spiro atoms. The summed E-state index contributed by atoms with van der Waals surface area (Å²) in [5, 5.41) is 3.33. The number of urea groups is 1. The standard InChI is InChI=1S/C17H13ClN4O/c18-13-5-4-8-16(9-13)22(15-6-2-1-3-7-15)17(23)21-14-10-19-12-20-11-14/h1-12H,(H,21,23). The molecule has 5 nitrogen and oxygen atoms in total. The van der Waals surface area contributed by atoms with Gasteiger partial charge in [0.05, 0.1) is 29.5 Å². The van der Waals surface area contributed by atoms with Gasteiger partial charge in [0, 0.05) is 5.02 Å². The number of nitrogens with one attached hydrogen (secondary N) is 1. The summed E-state index contributed by atoms with van der Waals surface area (Å²) < 4.78 is 0. The number of carbonyl (C=O) groups excluding carboxylic acids is 1. The Morgan fingerprint density at radius 1 is 0.957 bits per heavy atom. The average molecular weight is 325 g/mol. The normalized spacial score (nSPS) is 10.1. The minimum Gasteiger partial charge on any atom is -0.304 e. The number of rotatable bonds is 3. The Labute approximate surface area is 138 Å². The van der Waals surface area contributed by atoms with Crippen LogP contribution in [-0.4, -0.2) is 16.0 Å². The lowest BCUT2D eigenvalue weighted by Crippen LogP contribution is -2.30. The molecule has 2 aromatic carbocycles. The highest BCUT2D eigenvalue weighted by Crippen LogP contribution is 2.28. The zero-order valence-electron chi connectivity index (χ0n) is 12.1. The lowest BCUT2D eigenvalue weighted by atomic mass is 10.2. The van der Waals surface area contributed by atoms with Crippen molar-refractivity contribution in [2.24, 2.45) is 0 Å². The largest absolute Gasteiger partial charge is 0.331 e. The Hall–Kier alpha value is -2.92. The molecule has 0 aliphatic carbocycles. The molecular weight excluding hydrogens is 312 g/mol. The number of nitrogens with zero attached hydrogens (tertiary/aromatic N) is 3. The van der Waals surface area contributed by atoms with E-state index in [1.54, 1.807) is 23.1 Å². The molecule has 1 aromatic heterocycles. The predicted octanol–water partition coefficient (Wildman–Crippen LogP) is 4.50. The van der Waals surface area contributed by atoms with Gasteiger partial charge in [0.25, 0.3) is 0 Å². The number of halogens is 1. The van der Waals surface area contributed by atoms with Gasteiger partial charge in [-0.05, 0) is 30.3 Å². The van der Waals surface area contributed by atoms with E-state index < -0.39 is 0 Å². The maximum Gasteiger partial charge on any atom is 0.331 e. The van der Waals surface area contributed by atoms with Gasteiger partial charge in [-0.25, -0.2) is 14.8 Å². The first-order valence-electron chi connectivity index (χ1n) is 6.91. The molecule has 0 radical (unpaired) electrons. The van der Waals surface area contributed by atoms with Crippen LogP contribution in [-0.2, 0) is 0 Å². The summed E-state index contributed by atoms with van der Waals surface area (Å²) in [4.78, 5) is 22.1. The Morgan fingerprint density at radius 3 is 2.35 bits per heavy atom. The molecule has 1 N–H and O–H groups in total. The minimum absolute atomic E-state index is 0.326. The summed E-state index contributed by atoms with van der Waals surface area (Å²) in [5.41, 5.74) is 1.91. The first kappa shape index (κ1) is 15.0. The number of amides is 2. The second-order valence-corrected chi connectivity index (χ2v) is 5.14. The SMILES string of the molecule is O=C(Nc1cncnc1)N(c1ccccc1)c1cccc(Cl)c1. The molecule has 0 aliphatic rings. The second kappa shape index (κ2) is 6.89. The van der Waals surface area contributed by atoms with Crippen LogP contribution < -0.4 is 10.2 Å². The highest BCUT2D eigenvalue weighted by molar-refractivity contribution is 6.31. The highest BCUT2D eigenvalue weighted by Gasteiger charge is 2.18. The third kappa shape index (κ3) is 3.64. The quantitative estimate of drug-likeness (QED) is 0.771. The van der Waals surface area contributed by atoms with Gasteiger partial charge in [-0.3, -0.25) is 4.90 Å². The Morgan fingerprint density at radius 2 is 1.65 bits per heavy atom. The van der Waals surface area contributed by atoms with Crippen molar-refractivity contribution < 1.29 is 4.79 Å². The number of para-hydroxylation sites is 1. The summed E-state index contributed by atoms with van der Waals surface area (Å²) in [6, 6.07) is 16.1. The summed E-state index contributed by atoms with van der Waals surface area (Å²) in [6.07, 6.45) is 4.47. The van der Waals surface area contributed by atoms with Crippen LogP contribution in [0.5, 0.6) is 0 Å². The fourth-order valence-electron chi connectivity index (χ4n) is 2.12. The fraction of sp³-hybridized carbons (Fsp3) is 0. The highest BCUT2D eigenvalue weighted by atomic mass is 35.5. The molecule has 0 atom stereocenters. The van der Waals surface area contributed by atoms with Crippen LogP contribution in [0.25, 0.3) is 0 Å². The number of hydrogen-bond acceptors (Lipinski definition) is 3. The Kier molecular flexibility index (Phi) is 4.49. The Bertz CT molecular complexity index is 796. The molecule has 0 aliphatic heterocycles. The van der Waals surface area contributed by atoms with Gasteiger partial charge in [0.15, 0.2) is 0 Å². The van der Waals surface area contributed by atoms with E-state index in [-0.39, 0.29) is 6.03 Å². The van der Waals surface area contributed by atoms with Crippen molar-refractivity contribution in [3.8, 4) is 0 Å². The maximum absolute atomic E-state index is 12.7. The van der Waals surface area contributed by atoms with E-state index in [1.165, 1.54) is 18.7 Å². The first-order valence-corrected chi connectivity index (χ1v) is 7.28. The molecule has 1 heterocycles. The van der Waals surface area contributed by atoms with Crippen molar-refractivity contribution in [2.45, 2.75) is 0 Å². The van der Waals surface area contributed by atoms with E-state index in [4.69, 9.17) is 11.6 Å². The lowest BCUT2D eigenvalue weighted by molar-refractivity contribution is 0.259. The number of carbonyl (C=O) groups is 1. The lowest BCUT2D eigenvalue weighted by Gasteiger charge is -2.23. The fourth-order valence-corrected chi connectivity index (χ4v) is 2.30. The van der Waals surface area contributed by atoms with Crippen LogP contribution in [0, 0.1) is 0 Å². The van der Waals surface area contributed by atoms with Gasteiger partial charge in [-0.15, -0.1) is 0 Å². The van der Waals surface area contributed by atoms with E-state index in [9.17, 15) is 4.79 Å². The van der Waals surface area contributed by atoms with Gasteiger partial charge in [-0.1, -0.05) is 35.9 Å². The topological polar surface area (TPSA) is 58.1 Å². The number of hydrogen-bond donors (Lipinski definition) is 1. The molecular formula is C17H13ClN4O. The Balaban J connectivity index is 1.97. The van der Waals surface area contributed by atoms with Gasteiger partial charge >= 0.3 is 6.03 Å². The molecule has 6 heteroatoms. The molecule has 0 fully saturated rings. The third-order valence-electron chi connectivity index (χ3n) is 3.10. The summed E-state index contributed by atoms with van der Waals surface area (Å²) >= 11 is 6.06. The second-order valence-electron chi connectivity index (χ2n) is 4.71. The molecule has 0 saturated carbocycles. The first-order chi connectivity index (χ1) is 11.2. The van der Waals surface area contributed by atoms with Crippen molar-refractivity contribution in [2.75, 3.05) is 10.2 Å². The monoisotopic (exact) mass is 324 g/mol. The van der Waals surface area contributed by atoms with Crippen LogP contribution in [0.1, 0.15) is 0 Å². The molecule has 0 bridgehead atoms. The van der Waals surface area contributed by atoms with E-state index in [1.807, 2.05) is 36.4 Å². The van der Waals surface area contributed by atoms with Gasteiger partial charge < -0.3 is 5.32 Å². The average Bonchev–Trinajstić information content (AvgIpc) is 2.57. The van der Waals surface area contributed by atoms with E-state index in [0.717, 1.165) is 5.69 Å². The van der Waals surface area contributed by atoms with Crippen molar-refractivity contribution in [3.05, 3.63) is 78.3 Å². The zero-order chi connectivity index (χ0) is 16.1. The summed E-state index contributed by atoms with van der Waals surface area (Å²) in [7, 11) is 0. The molecule has 0 saturated heterocycles. The summed E-state index contributed by atoms with van der Waals surface area (Å²) in [6.45, 7) is 0. The molecule has 23 heavy (non-hydrogen) atoms. The molecule has 3 rings (SSSR count). The van der Waals surface area contributed by atoms with Crippen molar-refractivity contribution >= 4 is 34.7 Å². The molecule has 0 unspecified atom stereocenters. The van der Waals surface area contributed by atoms with Crippen LogP contribution >= 0.6 is 11.6 Å². The van der Waals surface area contributed by atoms with Crippen LogP contribution in [0.15, 0.2) is 73.3 Å². The number of benzene rings is 2. The van der Waals surface area contributed by atoms with E-state index >= 15 is 0 Å². The molecule has 2 amide bonds. The predicted molar refractivity (Wildman–Crippen MR) is 91.1 cm³/mol. The van der Waals surface area contributed by atoms with Crippen molar-refractivity contribution in [1.29, 1.82) is 0 Å². The number of aromatic nitrogens is 2. The van der Waals surface area contributed by atoms with Gasteiger partial charge in [0.1, 0.15) is 6.33 Å². The van der Waals surface area contributed by atoms with Crippen LogP contribution in [0.4, 0.5) is 21.9 Å².